The summed E-state index contributed by atoms with van der Waals surface area (Å²) in [7, 11) is 1.72. The highest BCUT2D eigenvalue weighted by Gasteiger charge is 2.46. The summed E-state index contributed by atoms with van der Waals surface area (Å²) in [6.07, 6.45) is 2.98. The normalized spacial score (nSPS) is 28.5. The Hall–Kier alpha value is -1.52. The van der Waals surface area contributed by atoms with E-state index in [4.69, 9.17) is 0 Å². The third-order valence-electron chi connectivity index (χ3n) is 4.80. The van der Waals surface area contributed by atoms with Crippen molar-refractivity contribution in [3.05, 3.63) is 12.7 Å². The molecule has 0 saturated heterocycles. The maximum Gasteiger partial charge on any atom is 0.317 e. The highest BCUT2D eigenvalue weighted by Crippen LogP contribution is 2.45. The van der Waals surface area contributed by atoms with Gasteiger partial charge in [0.05, 0.1) is 5.92 Å². The van der Waals surface area contributed by atoms with Crippen LogP contribution in [0.5, 0.6) is 0 Å². The van der Waals surface area contributed by atoms with E-state index in [2.05, 4.69) is 11.9 Å². The van der Waals surface area contributed by atoms with E-state index in [0.29, 0.717) is 19.4 Å². The van der Waals surface area contributed by atoms with Crippen LogP contribution in [-0.4, -0.2) is 41.6 Å². The number of nitrogens with zero attached hydrogens (tertiary/aromatic N) is 1. The number of aliphatic carboxylic acids is 1. The number of carbonyl (C=O) groups is 2. The van der Waals surface area contributed by atoms with Gasteiger partial charge in [0.15, 0.2) is 0 Å². The van der Waals surface area contributed by atoms with Gasteiger partial charge in [-0.15, -0.1) is 6.58 Å². The molecule has 1 aliphatic carbocycles. The maximum absolute atomic E-state index is 12.0. The van der Waals surface area contributed by atoms with Gasteiger partial charge in [-0.25, -0.2) is 4.79 Å². The second-order valence-corrected chi connectivity index (χ2v) is 6.30. The maximum atomic E-state index is 12.0. The number of amides is 2. The van der Waals surface area contributed by atoms with E-state index in [1.54, 1.807) is 18.0 Å². The number of carbonyl (C=O) groups excluding carboxylic acids is 1. The molecule has 0 aromatic rings. The van der Waals surface area contributed by atoms with Crippen molar-refractivity contribution in [1.29, 1.82) is 0 Å². The summed E-state index contributed by atoms with van der Waals surface area (Å²) in [6.45, 7) is 10.1. The number of rotatable bonds is 4. The largest absolute Gasteiger partial charge is 0.481 e. The van der Waals surface area contributed by atoms with Crippen LogP contribution >= 0.6 is 0 Å². The summed E-state index contributed by atoms with van der Waals surface area (Å²) in [5.41, 5.74) is -0.334. The second kappa shape index (κ2) is 6.29. The molecule has 114 valence electrons. The van der Waals surface area contributed by atoms with Crippen LogP contribution in [-0.2, 0) is 4.79 Å². The molecule has 0 aliphatic heterocycles. The predicted octanol–water partition coefficient (Wildman–Crippen LogP) is 2.34. The zero-order chi connectivity index (χ0) is 15.5. The van der Waals surface area contributed by atoms with Crippen LogP contribution in [0.2, 0.25) is 0 Å². The SMILES string of the molecule is C=CCN(C)C(=O)NC1CCC(C(=O)O)C(C)(C)C1C. The average molecular weight is 282 g/mol. The predicted molar refractivity (Wildman–Crippen MR) is 78.5 cm³/mol. The average Bonchev–Trinajstić information content (AvgIpc) is 2.34. The molecule has 1 aliphatic rings. The summed E-state index contributed by atoms with van der Waals surface area (Å²) in [4.78, 5) is 24.9. The van der Waals surface area contributed by atoms with Crippen LogP contribution in [0, 0.1) is 17.3 Å². The number of urea groups is 1. The van der Waals surface area contributed by atoms with E-state index < -0.39 is 5.97 Å². The van der Waals surface area contributed by atoms with Crippen molar-refractivity contribution in [2.45, 2.75) is 39.7 Å². The molecule has 2 amide bonds. The van der Waals surface area contributed by atoms with Crippen LogP contribution in [0.4, 0.5) is 4.79 Å². The fourth-order valence-electron chi connectivity index (χ4n) is 2.99. The summed E-state index contributed by atoms with van der Waals surface area (Å²) in [6, 6.07) is -0.119. The smallest absolute Gasteiger partial charge is 0.317 e. The van der Waals surface area contributed by atoms with Crippen molar-refractivity contribution < 1.29 is 14.7 Å². The Morgan fingerprint density at radius 1 is 1.45 bits per heavy atom. The Labute approximate surface area is 121 Å². The van der Waals surface area contributed by atoms with Gasteiger partial charge in [-0.05, 0) is 24.2 Å². The van der Waals surface area contributed by atoms with Gasteiger partial charge in [0, 0.05) is 19.6 Å². The van der Waals surface area contributed by atoms with Gasteiger partial charge in [-0.1, -0.05) is 26.8 Å². The number of hydrogen-bond donors (Lipinski definition) is 2. The molecule has 0 heterocycles. The molecular weight excluding hydrogens is 256 g/mol. The first kappa shape index (κ1) is 16.5. The molecule has 5 heteroatoms. The fraction of sp³-hybridized carbons (Fsp3) is 0.733. The highest BCUT2D eigenvalue weighted by atomic mass is 16.4. The molecule has 5 nitrogen and oxygen atoms in total. The highest BCUT2D eigenvalue weighted by molar-refractivity contribution is 5.75. The van der Waals surface area contributed by atoms with Gasteiger partial charge in [0.2, 0.25) is 0 Å². The Morgan fingerprint density at radius 2 is 2.05 bits per heavy atom. The van der Waals surface area contributed by atoms with Crippen molar-refractivity contribution in [3.8, 4) is 0 Å². The molecule has 1 fully saturated rings. The minimum Gasteiger partial charge on any atom is -0.481 e. The fourth-order valence-corrected chi connectivity index (χ4v) is 2.99. The molecular formula is C15H26N2O3. The number of likely N-dealkylation sites (N-methyl/N-ethyl adjacent to an activating group) is 1. The van der Waals surface area contributed by atoms with E-state index in [-0.39, 0.29) is 29.3 Å². The van der Waals surface area contributed by atoms with E-state index in [0.717, 1.165) is 0 Å². The molecule has 0 radical (unpaired) electrons. The van der Waals surface area contributed by atoms with Crippen LogP contribution in [0.15, 0.2) is 12.7 Å². The third-order valence-corrected chi connectivity index (χ3v) is 4.80. The number of carboxylic acid groups (broad SMARTS) is 1. The van der Waals surface area contributed by atoms with Crippen molar-refractivity contribution in [3.63, 3.8) is 0 Å². The van der Waals surface area contributed by atoms with Crippen molar-refractivity contribution in [1.82, 2.24) is 10.2 Å². The van der Waals surface area contributed by atoms with Crippen LogP contribution < -0.4 is 5.32 Å². The standard InChI is InChI=1S/C15H26N2O3/c1-6-9-17(5)14(20)16-12-8-7-11(13(18)19)15(3,4)10(12)2/h6,10-12H,1,7-9H2,2-5H3,(H,16,20)(H,18,19). The van der Waals surface area contributed by atoms with E-state index in [1.165, 1.54) is 0 Å². The topological polar surface area (TPSA) is 69.6 Å². The molecule has 20 heavy (non-hydrogen) atoms. The van der Waals surface area contributed by atoms with Gasteiger partial charge < -0.3 is 15.3 Å². The van der Waals surface area contributed by atoms with E-state index in [9.17, 15) is 14.7 Å². The zero-order valence-electron chi connectivity index (χ0n) is 12.8. The molecule has 1 rings (SSSR count). The van der Waals surface area contributed by atoms with Crippen LogP contribution in [0.3, 0.4) is 0 Å². The zero-order valence-corrected chi connectivity index (χ0v) is 12.8. The molecule has 2 N–H and O–H groups in total. The molecule has 0 bridgehead atoms. The Balaban J connectivity index is 2.73. The molecule has 3 unspecified atom stereocenters. The van der Waals surface area contributed by atoms with Gasteiger partial charge in [-0.2, -0.15) is 0 Å². The lowest BCUT2D eigenvalue weighted by molar-refractivity contribution is -0.150. The van der Waals surface area contributed by atoms with Crippen LogP contribution in [0.1, 0.15) is 33.6 Å². The third kappa shape index (κ3) is 3.32. The minimum absolute atomic E-state index is 0.0142. The Kier molecular flexibility index (Phi) is 5.20. The number of nitrogens with one attached hydrogen (secondary N) is 1. The minimum atomic E-state index is -0.740. The quantitative estimate of drug-likeness (QED) is 0.778. The first-order chi connectivity index (χ1) is 9.21. The molecule has 3 atom stereocenters. The Bertz CT molecular complexity index is 393. The number of hydrogen-bond acceptors (Lipinski definition) is 2. The summed E-state index contributed by atoms with van der Waals surface area (Å²) in [5.74, 6) is -0.981. The second-order valence-electron chi connectivity index (χ2n) is 6.30. The Morgan fingerprint density at radius 3 is 2.55 bits per heavy atom. The van der Waals surface area contributed by atoms with Gasteiger partial charge >= 0.3 is 12.0 Å². The van der Waals surface area contributed by atoms with Gasteiger partial charge in [-0.3, -0.25) is 4.79 Å². The lowest BCUT2D eigenvalue weighted by atomic mass is 9.61. The van der Waals surface area contributed by atoms with Crippen molar-refractivity contribution >= 4 is 12.0 Å². The van der Waals surface area contributed by atoms with Crippen LogP contribution in [0.25, 0.3) is 0 Å². The lowest BCUT2D eigenvalue weighted by Gasteiger charge is -2.46. The molecule has 1 saturated carbocycles. The molecule has 0 aromatic carbocycles. The van der Waals surface area contributed by atoms with E-state index in [1.807, 2.05) is 20.8 Å². The summed E-state index contributed by atoms with van der Waals surface area (Å²) in [5, 5.41) is 12.3. The molecule has 0 aromatic heterocycles. The lowest BCUT2D eigenvalue weighted by Crippen LogP contribution is -2.54. The van der Waals surface area contributed by atoms with Gasteiger partial charge in [0.1, 0.15) is 0 Å². The number of carboxylic acids is 1. The first-order valence-electron chi connectivity index (χ1n) is 7.07. The van der Waals surface area contributed by atoms with Crippen molar-refractivity contribution in [2.24, 2.45) is 17.3 Å². The first-order valence-corrected chi connectivity index (χ1v) is 7.07. The monoisotopic (exact) mass is 282 g/mol. The van der Waals surface area contributed by atoms with Crippen molar-refractivity contribution in [2.75, 3.05) is 13.6 Å². The van der Waals surface area contributed by atoms with E-state index >= 15 is 0 Å². The van der Waals surface area contributed by atoms with Gasteiger partial charge in [0.25, 0.3) is 0 Å². The molecule has 0 spiro atoms. The summed E-state index contributed by atoms with van der Waals surface area (Å²) >= 11 is 0. The summed E-state index contributed by atoms with van der Waals surface area (Å²) < 4.78 is 0.